The summed E-state index contributed by atoms with van der Waals surface area (Å²) in [6.07, 6.45) is 1.40. The summed E-state index contributed by atoms with van der Waals surface area (Å²) in [6.45, 7) is 5.35. The summed E-state index contributed by atoms with van der Waals surface area (Å²) >= 11 is 0. The average molecular weight is 337 g/mol. The SMILES string of the molecule is CCOc1ccc(/C=N\NC(=O)C(=O)NCCOC)c(OCC)c1. The standard InChI is InChI=1S/C16H23N3O5/c1-4-23-13-7-6-12(14(10-13)24-5-2)11-18-19-16(21)15(20)17-8-9-22-3/h6-7,10-11H,4-5,8-9H2,1-3H3,(H,17,20)(H,19,21)/b18-11-. The van der Waals surface area contributed by atoms with Crippen molar-refractivity contribution in [3.05, 3.63) is 23.8 Å². The first-order valence-corrected chi connectivity index (χ1v) is 7.62. The van der Waals surface area contributed by atoms with E-state index in [4.69, 9.17) is 14.2 Å². The highest BCUT2D eigenvalue weighted by atomic mass is 16.5. The summed E-state index contributed by atoms with van der Waals surface area (Å²) in [4.78, 5) is 23.0. The molecule has 0 aliphatic rings. The fraction of sp³-hybridized carbons (Fsp3) is 0.438. The summed E-state index contributed by atoms with van der Waals surface area (Å²) < 4.78 is 15.7. The molecule has 1 rings (SSSR count). The van der Waals surface area contributed by atoms with Gasteiger partial charge < -0.3 is 19.5 Å². The van der Waals surface area contributed by atoms with Gasteiger partial charge in [-0.05, 0) is 26.0 Å². The Kier molecular flexibility index (Phi) is 8.91. The van der Waals surface area contributed by atoms with Crippen LogP contribution in [0.25, 0.3) is 0 Å². The molecular formula is C16H23N3O5. The van der Waals surface area contributed by atoms with E-state index in [0.29, 0.717) is 36.9 Å². The molecule has 0 heterocycles. The Hall–Kier alpha value is -2.61. The van der Waals surface area contributed by atoms with E-state index in [-0.39, 0.29) is 6.54 Å². The molecule has 0 aromatic heterocycles. The maximum atomic E-state index is 11.5. The largest absolute Gasteiger partial charge is 0.494 e. The average Bonchev–Trinajstić information content (AvgIpc) is 2.57. The van der Waals surface area contributed by atoms with E-state index in [1.54, 1.807) is 18.2 Å². The maximum Gasteiger partial charge on any atom is 0.329 e. The number of ether oxygens (including phenoxy) is 3. The third kappa shape index (κ3) is 6.66. The van der Waals surface area contributed by atoms with Crippen molar-refractivity contribution in [3.63, 3.8) is 0 Å². The highest BCUT2D eigenvalue weighted by molar-refractivity contribution is 6.35. The van der Waals surface area contributed by atoms with E-state index in [2.05, 4.69) is 15.8 Å². The van der Waals surface area contributed by atoms with Gasteiger partial charge in [0.05, 0.1) is 26.0 Å². The molecule has 1 aromatic carbocycles. The van der Waals surface area contributed by atoms with Crippen molar-refractivity contribution in [3.8, 4) is 11.5 Å². The molecule has 0 aliphatic heterocycles. The van der Waals surface area contributed by atoms with E-state index < -0.39 is 11.8 Å². The molecule has 132 valence electrons. The van der Waals surface area contributed by atoms with Crippen molar-refractivity contribution in [1.29, 1.82) is 0 Å². The fourth-order valence-electron chi connectivity index (χ4n) is 1.72. The summed E-state index contributed by atoms with van der Waals surface area (Å²) in [6, 6.07) is 5.27. The predicted octanol–water partition coefficient (Wildman–Crippen LogP) is 0.697. The molecule has 24 heavy (non-hydrogen) atoms. The van der Waals surface area contributed by atoms with Gasteiger partial charge in [-0.25, -0.2) is 5.43 Å². The van der Waals surface area contributed by atoms with Crippen molar-refractivity contribution in [1.82, 2.24) is 10.7 Å². The lowest BCUT2D eigenvalue weighted by atomic mass is 10.2. The normalized spacial score (nSPS) is 10.5. The minimum Gasteiger partial charge on any atom is -0.494 e. The van der Waals surface area contributed by atoms with Crippen LogP contribution >= 0.6 is 0 Å². The van der Waals surface area contributed by atoms with E-state index in [1.165, 1.54) is 13.3 Å². The summed E-state index contributed by atoms with van der Waals surface area (Å²) in [5.74, 6) is -0.377. The van der Waals surface area contributed by atoms with Crippen LogP contribution in [-0.4, -0.2) is 51.5 Å². The second-order valence-electron chi connectivity index (χ2n) is 4.51. The van der Waals surface area contributed by atoms with Crippen LogP contribution in [-0.2, 0) is 14.3 Å². The molecule has 8 heteroatoms. The molecule has 2 N–H and O–H groups in total. The smallest absolute Gasteiger partial charge is 0.329 e. The second kappa shape index (κ2) is 11.0. The lowest BCUT2D eigenvalue weighted by Gasteiger charge is -2.10. The molecule has 0 spiro atoms. The minimum atomic E-state index is -0.855. The van der Waals surface area contributed by atoms with Gasteiger partial charge in [0.15, 0.2) is 0 Å². The first-order valence-electron chi connectivity index (χ1n) is 7.62. The maximum absolute atomic E-state index is 11.5. The van der Waals surface area contributed by atoms with Crippen molar-refractivity contribution >= 4 is 18.0 Å². The lowest BCUT2D eigenvalue weighted by Crippen LogP contribution is -2.39. The monoisotopic (exact) mass is 337 g/mol. The molecular weight excluding hydrogens is 314 g/mol. The van der Waals surface area contributed by atoms with Crippen molar-refractivity contribution in [2.24, 2.45) is 5.10 Å². The van der Waals surface area contributed by atoms with Crippen LogP contribution in [0.5, 0.6) is 11.5 Å². The Bertz CT molecular complexity index is 575. The number of methoxy groups -OCH3 is 1. The third-order valence-electron chi connectivity index (χ3n) is 2.76. The molecule has 0 radical (unpaired) electrons. The number of carbonyl (C=O) groups excluding carboxylic acids is 2. The summed E-state index contributed by atoms with van der Waals surface area (Å²) in [7, 11) is 1.50. The van der Waals surface area contributed by atoms with Gasteiger partial charge >= 0.3 is 11.8 Å². The quantitative estimate of drug-likeness (QED) is 0.299. The lowest BCUT2D eigenvalue weighted by molar-refractivity contribution is -0.139. The Labute approximate surface area is 141 Å². The minimum absolute atomic E-state index is 0.250. The zero-order valence-corrected chi connectivity index (χ0v) is 14.1. The van der Waals surface area contributed by atoms with Gasteiger partial charge in [0.1, 0.15) is 11.5 Å². The first-order chi connectivity index (χ1) is 11.6. The van der Waals surface area contributed by atoms with Crippen LogP contribution in [0.1, 0.15) is 19.4 Å². The Morgan fingerprint density at radius 1 is 1.17 bits per heavy atom. The fourth-order valence-corrected chi connectivity index (χ4v) is 1.72. The van der Waals surface area contributed by atoms with Crippen LogP contribution < -0.4 is 20.2 Å². The van der Waals surface area contributed by atoms with E-state index in [9.17, 15) is 9.59 Å². The zero-order valence-electron chi connectivity index (χ0n) is 14.1. The molecule has 8 nitrogen and oxygen atoms in total. The van der Waals surface area contributed by atoms with Crippen LogP contribution in [0, 0.1) is 0 Å². The first kappa shape index (κ1) is 19.4. The second-order valence-corrected chi connectivity index (χ2v) is 4.51. The Balaban J connectivity index is 2.65. The Morgan fingerprint density at radius 2 is 1.92 bits per heavy atom. The predicted molar refractivity (Wildman–Crippen MR) is 89.4 cm³/mol. The van der Waals surface area contributed by atoms with Crippen LogP contribution in [0.2, 0.25) is 0 Å². The molecule has 0 fully saturated rings. The summed E-state index contributed by atoms with van der Waals surface area (Å²) in [5.41, 5.74) is 2.81. The highest BCUT2D eigenvalue weighted by Gasteiger charge is 2.11. The van der Waals surface area contributed by atoms with Gasteiger partial charge in [-0.15, -0.1) is 0 Å². The van der Waals surface area contributed by atoms with Gasteiger partial charge in [-0.1, -0.05) is 0 Å². The topological polar surface area (TPSA) is 98.2 Å². The number of amides is 2. The van der Waals surface area contributed by atoms with Crippen molar-refractivity contribution in [2.45, 2.75) is 13.8 Å². The number of hydrogen-bond acceptors (Lipinski definition) is 6. The number of carbonyl (C=O) groups is 2. The van der Waals surface area contributed by atoms with Crippen molar-refractivity contribution in [2.75, 3.05) is 33.5 Å². The molecule has 0 aliphatic carbocycles. The van der Waals surface area contributed by atoms with Gasteiger partial charge in [-0.2, -0.15) is 5.10 Å². The molecule has 2 amide bonds. The van der Waals surface area contributed by atoms with Crippen molar-refractivity contribution < 1.29 is 23.8 Å². The van der Waals surface area contributed by atoms with E-state index in [1.807, 2.05) is 13.8 Å². The number of nitrogens with one attached hydrogen (secondary N) is 2. The number of rotatable bonds is 9. The molecule has 0 saturated heterocycles. The van der Waals surface area contributed by atoms with Gasteiger partial charge in [0, 0.05) is 25.3 Å². The van der Waals surface area contributed by atoms with E-state index in [0.717, 1.165) is 0 Å². The molecule has 0 bridgehead atoms. The number of nitrogens with zero attached hydrogens (tertiary/aromatic N) is 1. The van der Waals surface area contributed by atoms with Gasteiger partial charge in [0.25, 0.3) is 0 Å². The molecule has 0 unspecified atom stereocenters. The molecule has 0 atom stereocenters. The third-order valence-corrected chi connectivity index (χ3v) is 2.76. The molecule has 0 saturated carbocycles. The highest BCUT2D eigenvalue weighted by Crippen LogP contribution is 2.23. The molecule has 1 aromatic rings. The van der Waals surface area contributed by atoms with Crippen LogP contribution in [0.3, 0.4) is 0 Å². The number of hydrogen-bond donors (Lipinski definition) is 2. The number of hydrazone groups is 1. The van der Waals surface area contributed by atoms with Gasteiger partial charge in [-0.3, -0.25) is 9.59 Å². The Morgan fingerprint density at radius 3 is 2.58 bits per heavy atom. The van der Waals surface area contributed by atoms with Crippen LogP contribution in [0.15, 0.2) is 23.3 Å². The van der Waals surface area contributed by atoms with E-state index >= 15 is 0 Å². The summed E-state index contributed by atoms with van der Waals surface area (Å²) in [5, 5.41) is 6.17. The van der Waals surface area contributed by atoms with Crippen LogP contribution in [0.4, 0.5) is 0 Å². The zero-order chi connectivity index (χ0) is 17.8. The number of benzene rings is 1. The van der Waals surface area contributed by atoms with Gasteiger partial charge in [0.2, 0.25) is 0 Å².